The van der Waals surface area contributed by atoms with Crippen molar-refractivity contribution in [2.75, 3.05) is 13.7 Å². The van der Waals surface area contributed by atoms with Crippen molar-refractivity contribution < 1.29 is 9.47 Å². The summed E-state index contributed by atoms with van der Waals surface area (Å²) >= 11 is 0. The minimum Gasteiger partial charge on any atom is -0.481 e. The maximum atomic E-state index is 6.33. The summed E-state index contributed by atoms with van der Waals surface area (Å²) in [6.07, 6.45) is 7.14. The molecule has 1 saturated carbocycles. The Morgan fingerprint density at radius 3 is 2.56 bits per heavy atom. The van der Waals surface area contributed by atoms with E-state index in [2.05, 4.69) is 9.97 Å². The molecule has 0 saturated heterocycles. The summed E-state index contributed by atoms with van der Waals surface area (Å²) in [6.45, 7) is 2.40. The molecule has 1 aliphatic carbocycles. The molecule has 5 nitrogen and oxygen atoms in total. The first-order valence-corrected chi connectivity index (χ1v) is 6.42. The maximum absolute atomic E-state index is 6.33. The van der Waals surface area contributed by atoms with E-state index in [0.717, 1.165) is 18.4 Å². The third-order valence-corrected chi connectivity index (χ3v) is 3.53. The lowest BCUT2D eigenvalue weighted by atomic mass is 9.83. The topological polar surface area (TPSA) is 70.3 Å². The van der Waals surface area contributed by atoms with Crippen molar-refractivity contribution in [3.63, 3.8) is 0 Å². The van der Waals surface area contributed by atoms with Gasteiger partial charge in [0.05, 0.1) is 18.2 Å². The van der Waals surface area contributed by atoms with Crippen LogP contribution in [0.5, 0.6) is 11.8 Å². The van der Waals surface area contributed by atoms with Crippen molar-refractivity contribution >= 4 is 0 Å². The van der Waals surface area contributed by atoms with E-state index in [1.165, 1.54) is 25.6 Å². The highest BCUT2D eigenvalue weighted by Gasteiger charge is 2.28. The molecule has 0 spiro atoms. The predicted octanol–water partition coefficient (Wildman–Crippen LogP) is 1.83. The number of rotatable bonds is 4. The Hall–Kier alpha value is -1.36. The van der Waals surface area contributed by atoms with Crippen molar-refractivity contribution in [2.45, 2.75) is 44.6 Å². The van der Waals surface area contributed by atoms with Gasteiger partial charge in [0.25, 0.3) is 0 Å². The van der Waals surface area contributed by atoms with Gasteiger partial charge < -0.3 is 15.2 Å². The molecule has 1 aromatic rings. The number of hydrogen-bond donors (Lipinski definition) is 1. The zero-order valence-electron chi connectivity index (χ0n) is 11.1. The molecule has 2 rings (SSSR count). The molecular weight excluding hydrogens is 230 g/mol. The Bertz CT molecular complexity index is 403. The Labute approximate surface area is 108 Å². The fraction of sp³-hybridized carbons (Fsp3) is 0.692. The average Bonchev–Trinajstić information content (AvgIpc) is 2.38. The molecule has 2 N–H and O–H groups in total. The van der Waals surface area contributed by atoms with Gasteiger partial charge in [-0.2, -0.15) is 0 Å². The smallest absolute Gasteiger partial charge is 0.223 e. The van der Waals surface area contributed by atoms with E-state index in [-0.39, 0.29) is 5.54 Å². The van der Waals surface area contributed by atoms with Crippen LogP contribution >= 0.6 is 0 Å². The molecule has 0 bridgehead atoms. The first-order valence-electron chi connectivity index (χ1n) is 6.42. The molecule has 0 aromatic carbocycles. The Morgan fingerprint density at radius 2 is 1.89 bits per heavy atom. The van der Waals surface area contributed by atoms with Crippen LogP contribution in [-0.2, 0) is 0 Å². The van der Waals surface area contributed by atoms with Crippen molar-refractivity contribution in [1.82, 2.24) is 9.97 Å². The summed E-state index contributed by atoms with van der Waals surface area (Å²) < 4.78 is 10.9. The number of aromatic nitrogens is 2. The van der Waals surface area contributed by atoms with Gasteiger partial charge in [-0.25, -0.2) is 9.97 Å². The van der Waals surface area contributed by atoms with Gasteiger partial charge >= 0.3 is 0 Å². The second-order valence-corrected chi connectivity index (χ2v) is 5.02. The van der Waals surface area contributed by atoms with Crippen LogP contribution in [0.25, 0.3) is 0 Å². The minimum absolute atomic E-state index is 0.205. The van der Waals surface area contributed by atoms with Crippen LogP contribution in [0.4, 0.5) is 0 Å². The van der Waals surface area contributed by atoms with Crippen LogP contribution in [0.1, 0.15) is 37.7 Å². The molecule has 18 heavy (non-hydrogen) atoms. The van der Waals surface area contributed by atoms with Gasteiger partial charge in [-0.3, -0.25) is 0 Å². The maximum Gasteiger partial charge on any atom is 0.223 e. The van der Waals surface area contributed by atoms with Gasteiger partial charge in [0.2, 0.25) is 11.8 Å². The van der Waals surface area contributed by atoms with Crippen LogP contribution in [0.2, 0.25) is 0 Å². The highest BCUT2D eigenvalue weighted by molar-refractivity contribution is 5.32. The van der Waals surface area contributed by atoms with Crippen molar-refractivity contribution in [3.8, 4) is 11.8 Å². The SMILES string of the molecule is COc1ncnc(OCC2(N)CCCCC2)c1C. The number of nitrogens with zero attached hydrogens (tertiary/aromatic N) is 2. The average molecular weight is 251 g/mol. The van der Waals surface area contributed by atoms with Crippen LogP contribution in [-0.4, -0.2) is 29.2 Å². The monoisotopic (exact) mass is 251 g/mol. The molecule has 5 heteroatoms. The number of ether oxygens (including phenoxy) is 2. The van der Waals surface area contributed by atoms with Gasteiger partial charge in [-0.15, -0.1) is 0 Å². The summed E-state index contributed by atoms with van der Waals surface area (Å²) in [5.74, 6) is 1.12. The zero-order valence-corrected chi connectivity index (χ0v) is 11.1. The highest BCUT2D eigenvalue weighted by Crippen LogP contribution is 2.28. The second-order valence-electron chi connectivity index (χ2n) is 5.02. The van der Waals surface area contributed by atoms with E-state index < -0.39 is 0 Å². The summed E-state index contributed by atoms with van der Waals surface area (Å²) in [5, 5.41) is 0. The van der Waals surface area contributed by atoms with E-state index in [9.17, 15) is 0 Å². The molecular formula is C13H21N3O2. The third kappa shape index (κ3) is 2.90. The van der Waals surface area contributed by atoms with Crippen molar-refractivity contribution in [3.05, 3.63) is 11.9 Å². The molecule has 1 aliphatic rings. The molecule has 1 aromatic heterocycles. The van der Waals surface area contributed by atoms with E-state index in [1.807, 2.05) is 6.92 Å². The molecule has 1 fully saturated rings. The van der Waals surface area contributed by atoms with Gasteiger partial charge in [0.15, 0.2) is 0 Å². The van der Waals surface area contributed by atoms with Crippen molar-refractivity contribution in [2.24, 2.45) is 5.73 Å². The number of nitrogens with two attached hydrogens (primary N) is 1. The Balaban J connectivity index is 2.01. The van der Waals surface area contributed by atoms with E-state index in [0.29, 0.717) is 18.4 Å². The standard InChI is InChI=1S/C13H21N3O2/c1-10-11(17-2)15-9-16-12(10)18-8-13(14)6-4-3-5-7-13/h9H,3-8,14H2,1-2H3. The second kappa shape index (κ2) is 5.52. The molecule has 0 unspecified atom stereocenters. The predicted molar refractivity (Wildman–Crippen MR) is 68.8 cm³/mol. The van der Waals surface area contributed by atoms with Crippen LogP contribution < -0.4 is 15.2 Å². The fourth-order valence-corrected chi connectivity index (χ4v) is 2.38. The molecule has 0 amide bonds. The lowest BCUT2D eigenvalue weighted by Gasteiger charge is -2.32. The Morgan fingerprint density at radius 1 is 1.22 bits per heavy atom. The minimum atomic E-state index is -0.205. The van der Waals surface area contributed by atoms with E-state index in [1.54, 1.807) is 7.11 Å². The molecule has 100 valence electrons. The Kier molecular flexibility index (Phi) is 4.01. The molecule has 0 radical (unpaired) electrons. The lowest BCUT2D eigenvalue weighted by Crippen LogP contribution is -2.47. The van der Waals surface area contributed by atoms with Gasteiger partial charge in [-0.1, -0.05) is 19.3 Å². The van der Waals surface area contributed by atoms with Gasteiger partial charge in [0.1, 0.15) is 12.9 Å². The first-order chi connectivity index (χ1) is 8.64. The number of methoxy groups -OCH3 is 1. The summed E-state index contributed by atoms with van der Waals surface area (Å²) in [5.41, 5.74) is 6.94. The van der Waals surface area contributed by atoms with Crippen molar-refractivity contribution in [1.29, 1.82) is 0 Å². The fourth-order valence-electron chi connectivity index (χ4n) is 2.38. The van der Waals surface area contributed by atoms with E-state index in [4.69, 9.17) is 15.2 Å². The normalized spacial score (nSPS) is 18.4. The zero-order chi connectivity index (χ0) is 13.0. The summed E-state index contributed by atoms with van der Waals surface area (Å²) in [6, 6.07) is 0. The van der Waals surface area contributed by atoms with Crippen LogP contribution in [0.3, 0.4) is 0 Å². The molecule has 0 atom stereocenters. The van der Waals surface area contributed by atoms with Gasteiger partial charge in [-0.05, 0) is 19.8 Å². The van der Waals surface area contributed by atoms with Gasteiger partial charge in [0, 0.05) is 0 Å². The lowest BCUT2D eigenvalue weighted by molar-refractivity contribution is 0.167. The highest BCUT2D eigenvalue weighted by atomic mass is 16.5. The third-order valence-electron chi connectivity index (χ3n) is 3.53. The number of hydrogen-bond acceptors (Lipinski definition) is 5. The van der Waals surface area contributed by atoms with Crippen LogP contribution in [0.15, 0.2) is 6.33 Å². The largest absolute Gasteiger partial charge is 0.481 e. The molecule has 1 heterocycles. The summed E-state index contributed by atoms with van der Waals surface area (Å²) in [4.78, 5) is 8.16. The first kappa shape index (κ1) is 13.1. The van der Waals surface area contributed by atoms with E-state index >= 15 is 0 Å². The quantitative estimate of drug-likeness (QED) is 0.884. The molecule has 0 aliphatic heterocycles. The van der Waals surface area contributed by atoms with Crippen LogP contribution in [0, 0.1) is 6.92 Å². The summed E-state index contributed by atoms with van der Waals surface area (Å²) in [7, 11) is 1.59.